The molecule has 10 heteroatoms. The Kier molecular flexibility index (Phi) is 5.80. The molecule has 1 amide bonds. The van der Waals surface area contributed by atoms with E-state index in [9.17, 15) is 31.5 Å². The van der Waals surface area contributed by atoms with Crippen molar-refractivity contribution in [2.45, 2.75) is 48.4 Å². The fraction of sp³-hybridized carbons (Fsp3) is 0.409. The summed E-state index contributed by atoms with van der Waals surface area (Å²) < 4.78 is 66.5. The Hall–Kier alpha value is -2.10. The molecule has 0 saturated heterocycles. The summed E-state index contributed by atoms with van der Waals surface area (Å²) in [6.45, 7) is 1.88. The zero-order chi connectivity index (χ0) is 23.4. The molecule has 2 N–H and O–H groups in total. The third-order valence-corrected chi connectivity index (χ3v) is 9.48. The highest BCUT2D eigenvalue weighted by molar-refractivity contribution is 7.92. The Morgan fingerprint density at radius 3 is 2.28 bits per heavy atom. The molecule has 0 heterocycles. The highest BCUT2D eigenvalue weighted by atomic mass is 35.5. The first-order valence-electron chi connectivity index (χ1n) is 10.2. The van der Waals surface area contributed by atoms with Crippen molar-refractivity contribution in [3.8, 4) is 0 Å². The lowest BCUT2D eigenvalue weighted by molar-refractivity contribution is -0.177. The Labute approximate surface area is 188 Å². The molecule has 3 saturated carbocycles. The summed E-state index contributed by atoms with van der Waals surface area (Å²) >= 11 is 6.15. The molecular formula is C22H21ClF3NO4S. The van der Waals surface area contributed by atoms with Crippen LogP contribution in [0.4, 0.5) is 18.9 Å². The third kappa shape index (κ3) is 3.70. The van der Waals surface area contributed by atoms with Crippen LogP contribution in [0.1, 0.15) is 43.0 Å². The van der Waals surface area contributed by atoms with Crippen LogP contribution in [-0.2, 0) is 9.84 Å². The van der Waals surface area contributed by atoms with E-state index in [1.165, 1.54) is 12.1 Å². The minimum atomic E-state index is -3.89. The van der Waals surface area contributed by atoms with Crippen molar-refractivity contribution < 1.29 is 31.5 Å². The molecule has 5 rings (SSSR count). The standard InChI is InChI=1S/C22H21ClF3NO4S/c1-2-22(29)12-6-13(22)8-15(7-12)32(30,31)19-5-11(3-4-16(19)23)21(28)27-14-9-17(24)20(26)18(25)10-14/h3-5,9-10,12-13,15,29H,2,6-8H2,1H3,(H,27,28). The van der Waals surface area contributed by atoms with Gasteiger partial charge in [-0.2, -0.15) is 0 Å². The summed E-state index contributed by atoms with van der Waals surface area (Å²) in [6, 6.07) is 4.90. The lowest BCUT2D eigenvalue weighted by Crippen LogP contribution is -2.61. The van der Waals surface area contributed by atoms with Crippen LogP contribution in [0, 0.1) is 29.3 Å². The number of carbonyl (C=O) groups is 1. The molecule has 0 spiro atoms. The average molecular weight is 488 g/mol. The molecule has 3 aliphatic rings. The number of nitrogens with one attached hydrogen (secondary N) is 1. The van der Waals surface area contributed by atoms with Gasteiger partial charge in [-0.05, 0) is 55.7 Å². The number of halogens is 4. The second-order valence-electron chi connectivity index (χ2n) is 8.47. The number of hydrogen-bond acceptors (Lipinski definition) is 4. The quantitative estimate of drug-likeness (QED) is 0.598. The molecule has 2 aromatic rings. The first kappa shape index (κ1) is 23.1. The van der Waals surface area contributed by atoms with Crippen molar-refractivity contribution in [3.63, 3.8) is 0 Å². The van der Waals surface area contributed by atoms with E-state index in [4.69, 9.17) is 11.6 Å². The van der Waals surface area contributed by atoms with Crippen LogP contribution in [0.15, 0.2) is 35.2 Å². The van der Waals surface area contributed by atoms with Crippen LogP contribution in [0.5, 0.6) is 0 Å². The molecule has 2 bridgehead atoms. The summed E-state index contributed by atoms with van der Waals surface area (Å²) in [7, 11) is -3.89. The minimum absolute atomic E-state index is 0.0505. The maximum atomic E-state index is 13.4. The largest absolute Gasteiger partial charge is 0.389 e. The second kappa shape index (κ2) is 8.04. The summed E-state index contributed by atoms with van der Waals surface area (Å²) in [5.41, 5.74) is -1.24. The van der Waals surface area contributed by atoms with Gasteiger partial charge in [-0.15, -0.1) is 0 Å². The van der Waals surface area contributed by atoms with Crippen LogP contribution >= 0.6 is 11.6 Å². The van der Waals surface area contributed by atoms with Gasteiger partial charge in [0.05, 0.1) is 20.8 Å². The van der Waals surface area contributed by atoms with Crippen LogP contribution in [0.2, 0.25) is 5.02 Å². The number of hydrogen-bond donors (Lipinski definition) is 2. The van der Waals surface area contributed by atoms with Gasteiger partial charge in [0, 0.05) is 23.4 Å². The van der Waals surface area contributed by atoms with Crippen molar-refractivity contribution in [2.75, 3.05) is 5.32 Å². The normalized spacial score (nSPS) is 27.0. The van der Waals surface area contributed by atoms with Crippen LogP contribution in [0.3, 0.4) is 0 Å². The number of amides is 1. The van der Waals surface area contributed by atoms with Gasteiger partial charge in [0.15, 0.2) is 27.3 Å². The van der Waals surface area contributed by atoms with Crippen LogP contribution < -0.4 is 5.32 Å². The van der Waals surface area contributed by atoms with Crippen molar-refractivity contribution in [1.29, 1.82) is 0 Å². The molecule has 5 nitrogen and oxygen atoms in total. The molecule has 0 radical (unpaired) electrons. The van der Waals surface area contributed by atoms with Gasteiger partial charge in [-0.25, -0.2) is 21.6 Å². The van der Waals surface area contributed by atoms with Crippen molar-refractivity contribution in [2.24, 2.45) is 11.8 Å². The Morgan fingerprint density at radius 2 is 1.72 bits per heavy atom. The zero-order valence-corrected chi connectivity index (χ0v) is 18.6. The van der Waals surface area contributed by atoms with Gasteiger partial charge in [0.2, 0.25) is 0 Å². The number of fused-ring (bicyclic) bond motifs is 2. The Bertz CT molecular complexity index is 1170. The molecule has 2 atom stereocenters. The molecule has 0 aliphatic heterocycles. The highest BCUT2D eigenvalue weighted by Crippen LogP contribution is 2.57. The smallest absolute Gasteiger partial charge is 0.255 e. The molecule has 3 aliphatic carbocycles. The lowest BCUT2D eigenvalue weighted by Gasteiger charge is -2.58. The average Bonchev–Trinajstić information content (AvgIpc) is 2.76. The van der Waals surface area contributed by atoms with Gasteiger partial charge < -0.3 is 10.4 Å². The number of rotatable bonds is 5. The van der Waals surface area contributed by atoms with Gasteiger partial charge in [-0.1, -0.05) is 18.5 Å². The van der Waals surface area contributed by atoms with E-state index in [-0.39, 0.29) is 33.0 Å². The van der Waals surface area contributed by atoms with E-state index in [1.54, 1.807) is 0 Å². The lowest BCUT2D eigenvalue weighted by atomic mass is 9.53. The summed E-state index contributed by atoms with van der Waals surface area (Å²) in [5, 5.41) is 12.1. The van der Waals surface area contributed by atoms with Crippen molar-refractivity contribution in [1.82, 2.24) is 0 Å². The van der Waals surface area contributed by atoms with Crippen LogP contribution in [0.25, 0.3) is 0 Å². The Balaban J connectivity index is 1.58. The molecular weight excluding hydrogens is 467 g/mol. The van der Waals surface area contributed by atoms with E-state index in [0.717, 1.165) is 12.5 Å². The van der Waals surface area contributed by atoms with Gasteiger partial charge in [0.25, 0.3) is 5.91 Å². The second-order valence-corrected chi connectivity index (χ2v) is 11.1. The minimum Gasteiger partial charge on any atom is -0.389 e. The summed E-state index contributed by atoms with van der Waals surface area (Å²) in [4.78, 5) is 12.3. The summed E-state index contributed by atoms with van der Waals surface area (Å²) in [6.07, 6.45) is 1.97. The van der Waals surface area contributed by atoms with Crippen molar-refractivity contribution in [3.05, 3.63) is 58.4 Å². The maximum Gasteiger partial charge on any atom is 0.255 e. The molecule has 3 fully saturated rings. The van der Waals surface area contributed by atoms with E-state index in [1.807, 2.05) is 6.92 Å². The van der Waals surface area contributed by atoms with Crippen LogP contribution in [-0.4, -0.2) is 30.3 Å². The Morgan fingerprint density at radius 1 is 1.12 bits per heavy atom. The zero-order valence-electron chi connectivity index (χ0n) is 17.0. The number of benzene rings is 2. The maximum absolute atomic E-state index is 13.4. The predicted molar refractivity (Wildman–Crippen MR) is 113 cm³/mol. The van der Waals surface area contributed by atoms with E-state index >= 15 is 0 Å². The fourth-order valence-corrected chi connectivity index (χ4v) is 7.36. The summed E-state index contributed by atoms with van der Waals surface area (Å²) in [5.74, 6) is -5.64. The number of carbonyl (C=O) groups excluding carboxylic acids is 1. The fourth-order valence-electron chi connectivity index (χ4n) is 4.96. The molecule has 0 aromatic heterocycles. The first-order valence-corrected chi connectivity index (χ1v) is 12.1. The van der Waals surface area contributed by atoms with Gasteiger partial charge in [-0.3, -0.25) is 4.79 Å². The topological polar surface area (TPSA) is 83.5 Å². The number of aliphatic hydroxyl groups is 1. The van der Waals surface area contributed by atoms with E-state index in [2.05, 4.69) is 5.32 Å². The van der Waals surface area contributed by atoms with Gasteiger partial charge in [0.1, 0.15) is 0 Å². The van der Waals surface area contributed by atoms with Crippen molar-refractivity contribution >= 4 is 33.0 Å². The SMILES string of the molecule is CCC1(O)C2CC1CC(S(=O)(=O)c1cc(C(=O)Nc3cc(F)c(F)c(F)c3)ccc1Cl)C2. The van der Waals surface area contributed by atoms with E-state index < -0.39 is 44.0 Å². The highest BCUT2D eigenvalue weighted by Gasteiger charge is 2.58. The number of sulfone groups is 1. The van der Waals surface area contributed by atoms with E-state index in [0.29, 0.717) is 31.4 Å². The monoisotopic (exact) mass is 487 g/mol. The molecule has 2 aromatic carbocycles. The third-order valence-electron chi connectivity index (χ3n) is 6.82. The predicted octanol–water partition coefficient (Wildman–Crippen LogP) is 4.72. The molecule has 2 unspecified atom stereocenters. The molecule has 32 heavy (non-hydrogen) atoms. The first-order chi connectivity index (χ1) is 15.0. The number of anilines is 1. The molecule has 172 valence electrons. The van der Waals surface area contributed by atoms with Gasteiger partial charge >= 0.3 is 0 Å².